The molecule has 0 aromatic carbocycles. The molecule has 0 bridgehead atoms. The largest absolute Gasteiger partial charge is 0.405 e. The van der Waals surface area contributed by atoms with Gasteiger partial charge in [-0.1, -0.05) is 18.6 Å². The van der Waals surface area contributed by atoms with Crippen LogP contribution in [0.4, 0.5) is 0 Å². The summed E-state index contributed by atoms with van der Waals surface area (Å²) in [4.78, 5) is 2.18. The average Bonchev–Trinajstić information content (AvgIpc) is 2.04. The summed E-state index contributed by atoms with van der Waals surface area (Å²) in [5.41, 5.74) is 6.54. The Morgan fingerprint density at radius 3 is 2.67 bits per heavy atom. The van der Waals surface area contributed by atoms with Crippen molar-refractivity contribution in [2.24, 2.45) is 5.73 Å². The molecule has 0 amide bonds. The van der Waals surface area contributed by atoms with Crippen molar-refractivity contribution in [3.8, 4) is 0 Å². The predicted molar refractivity (Wildman–Crippen MR) is 54.6 cm³/mol. The summed E-state index contributed by atoms with van der Waals surface area (Å²) in [6, 6.07) is 0. The van der Waals surface area contributed by atoms with E-state index in [1.54, 1.807) is 6.20 Å². The summed E-state index contributed by atoms with van der Waals surface area (Å²) in [7, 11) is 2.08. The second-order valence-electron chi connectivity index (χ2n) is 3.08. The van der Waals surface area contributed by atoms with Crippen LogP contribution in [0.2, 0.25) is 0 Å². The van der Waals surface area contributed by atoms with Crippen LogP contribution in [0, 0.1) is 0 Å². The van der Waals surface area contributed by atoms with E-state index in [1.165, 1.54) is 12.0 Å². The van der Waals surface area contributed by atoms with Gasteiger partial charge in [-0.3, -0.25) is 0 Å². The summed E-state index contributed by atoms with van der Waals surface area (Å²) in [6.45, 7) is 5.32. The third kappa shape index (κ3) is 5.83. The first-order valence-corrected chi connectivity index (χ1v) is 4.45. The molecule has 2 heteroatoms. The Hall–Kier alpha value is -0.920. The van der Waals surface area contributed by atoms with Crippen LogP contribution in [-0.4, -0.2) is 18.5 Å². The molecule has 0 radical (unpaired) electrons. The van der Waals surface area contributed by atoms with Crippen LogP contribution in [0.25, 0.3) is 0 Å². The smallest absolute Gasteiger partial charge is 0.0166 e. The zero-order valence-electron chi connectivity index (χ0n) is 8.38. The molecule has 12 heavy (non-hydrogen) atoms. The number of hydrogen-bond donors (Lipinski definition) is 1. The number of allylic oxidation sites excluding steroid dienone is 2. The lowest BCUT2D eigenvalue weighted by atomic mass is 10.2. The average molecular weight is 168 g/mol. The van der Waals surface area contributed by atoms with Gasteiger partial charge in [0.25, 0.3) is 0 Å². The molecule has 0 aliphatic carbocycles. The fourth-order valence-electron chi connectivity index (χ4n) is 0.914. The van der Waals surface area contributed by atoms with Gasteiger partial charge in [0.2, 0.25) is 0 Å². The molecule has 70 valence electrons. The number of nitrogens with zero attached hydrogens (tertiary/aromatic N) is 1. The lowest BCUT2D eigenvalue weighted by molar-refractivity contribution is 0.453. The van der Waals surface area contributed by atoms with Gasteiger partial charge in [-0.05, 0) is 32.2 Å². The first-order valence-electron chi connectivity index (χ1n) is 4.45. The maximum atomic E-state index is 5.34. The van der Waals surface area contributed by atoms with Crippen molar-refractivity contribution >= 4 is 0 Å². The van der Waals surface area contributed by atoms with Gasteiger partial charge in [-0.2, -0.15) is 0 Å². The van der Waals surface area contributed by atoms with Gasteiger partial charge in [0, 0.05) is 13.6 Å². The van der Waals surface area contributed by atoms with Crippen molar-refractivity contribution in [2.75, 3.05) is 13.6 Å². The first kappa shape index (κ1) is 11.1. The van der Waals surface area contributed by atoms with E-state index in [0.29, 0.717) is 0 Å². The molecule has 0 unspecified atom stereocenters. The van der Waals surface area contributed by atoms with Crippen LogP contribution < -0.4 is 5.73 Å². The Labute approximate surface area is 75.7 Å². The van der Waals surface area contributed by atoms with Crippen LogP contribution in [0.1, 0.15) is 26.7 Å². The molecule has 0 aliphatic heterocycles. The molecule has 2 N–H and O–H groups in total. The standard InChI is InChI=1S/C10H20N2/c1-4-7-12(3)8-5-6-10(2)9-11/h5,8-9H,4,6-7,11H2,1-3H3/b8-5-,10-9-. The van der Waals surface area contributed by atoms with Crippen molar-refractivity contribution in [1.29, 1.82) is 0 Å². The number of hydrogen-bond acceptors (Lipinski definition) is 2. The van der Waals surface area contributed by atoms with E-state index in [2.05, 4.69) is 31.1 Å². The highest BCUT2D eigenvalue weighted by Crippen LogP contribution is 1.99. The minimum Gasteiger partial charge on any atom is -0.405 e. The molecule has 0 aliphatic rings. The van der Waals surface area contributed by atoms with Gasteiger partial charge in [0.15, 0.2) is 0 Å². The van der Waals surface area contributed by atoms with Crippen molar-refractivity contribution in [2.45, 2.75) is 26.7 Å². The van der Waals surface area contributed by atoms with Crippen molar-refractivity contribution in [1.82, 2.24) is 4.90 Å². The summed E-state index contributed by atoms with van der Waals surface area (Å²) in [5.74, 6) is 0. The van der Waals surface area contributed by atoms with Gasteiger partial charge in [0.05, 0.1) is 0 Å². The van der Waals surface area contributed by atoms with Gasteiger partial charge >= 0.3 is 0 Å². The van der Waals surface area contributed by atoms with Crippen LogP contribution >= 0.6 is 0 Å². The number of nitrogens with two attached hydrogens (primary N) is 1. The zero-order valence-corrected chi connectivity index (χ0v) is 8.38. The van der Waals surface area contributed by atoms with Crippen LogP contribution in [-0.2, 0) is 0 Å². The molecule has 0 spiro atoms. The van der Waals surface area contributed by atoms with Crippen LogP contribution in [0.15, 0.2) is 24.0 Å². The molecule has 2 nitrogen and oxygen atoms in total. The van der Waals surface area contributed by atoms with Crippen molar-refractivity contribution in [3.05, 3.63) is 24.0 Å². The lowest BCUT2D eigenvalue weighted by Crippen LogP contribution is -2.10. The third-order valence-electron chi connectivity index (χ3n) is 1.66. The van der Waals surface area contributed by atoms with Gasteiger partial charge in [0.1, 0.15) is 0 Å². The van der Waals surface area contributed by atoms with E-state index in [1.807, 2.05) is 6.92 Å². The summed E-state index contributed by atoms with van der Waals surface area (Å²) in [5, 5.41) is 0. The third-order valence-corrected chi connectivity index (χ3v) is 1.66. The summed E-state index contributed by atoms with van der Waals surface area (Å²) >= 11 is 0. The Morgan fingerprint density at radius 1 is 1.50 bits per heavy atom. The van der Waals surface area contributed by atoms with E-state index in [-0.39, 0.29) is 0 Å². The predicted octanol–water partition coefficient (Wildman–Crippen LogP) is 2.09. The van der Waals surface area contributed by atoms with E-state index in [4.69, 9.17) is 5.73 Å². The molecular formula is C10H20N2. The minimum atomic E-state index is 0.949. The highest BCUT2D eigenvalue weighted by Gasteiger charge is 1.87. The SMILES string of the molecule is CCCN(C)/C=C\C/C(C)=C\N. The maximum Gasteiger partial charge on any atom is 0.0166 e. The molecule has 0 aromatic rings. The fourth-order valence-corrected chi connectivity index (χ4v) is 0.914. The first-order chi connectivity index (χ1) is 5.70. The molecule has 0 saturated heterocycles. The second-order valence-corrected chi connectivity index (χ2v) is 3.08. The van der Waals surface area contributed by atoms with Crippen molar-refractivity contribution < 1.29 is 0 Å². The van der Waals surface area contributed by atoms with Crippen molar-refractivity contribution in [3.63, 3.8) is 0 Å². The van der Waals surface area contributed by atoms with Gasteiger partial charge in [-0.25, -0.2) is 0 Å². The van der Waals surface area contributed by atoms with E-state index in [0.717, 1.165) is 13.0 Å². The highest BCUT2D eigenvalue weighted by atomic mass is 15.1. The zero-order chi connectivity index (χ0) is 9.40. The molecular weight excluding hydrogens is 148 g/mol. The maximum absolute atomic E-state index is 5.34. The fraction of sp³-hybridized carbons (Fsp3) is 0.600. The van der Waals surface area contributed by atoms with E-state index < -0.39 is 0 Å². The molecule has 0 saturated carbocycles. The molecule has 0 aromatic heterocycles. The molecule has 0 fully saturated rings. The van der Waals surface area contributed by atoms with Gasteiger partial charge < -0.3 is 10.6 Å². The van der Waals surface area contributed by atoms with E-state index >= 15 is 0 Å². The normalized spacial score (nSPS) is 12.4. The summed E-state index contributed by atoms with van der Waals surface area (Å²) in [6.07, 6.45) is 8.03. The number of rotatable bonds is 5. The monoisotopic (exact) mass is 168 g/mol. The minimum absolute atomic E-state index is 0.949. The Morgan fingerprint density at radius 2 is 2.17 bits per heavy atom. The molecule has 0 atom stereocenters. The Balaban J connectivity index is 3.61. The van der Waals surface area contributed by atoms with Crippen LogP contribution in [0.3, 0.4) is 0 Å². The Kier molecular flexibility index (Phi) is 6.25. The lowest BCUT2D eigenvalue weighted by Gasteiger charge is -2.11. The highest BCUT2D eigenvalue weighted by molar-refractivity contribution is 5.01. The Bertz CT molecular complexity index is 159. The van der Waals surface area contributed by atoms with Crippen LogP contribution in [0.5, 0.6) is 0 Å². The molecule has 0 rings (SSSR count). The quantitative estimate of drug-likeness (QED) is 0.681. The second kappa shape index (κ2) is 6.77. The summed E-state index contributed by atoms with van der Waals surface area (Å²) < 4.78 is 0. The topological polar surface area (TPSA) is 29.3 Å². The van der Waals surface area contributed by atoms with E-state index in [9.17, 15) is 0 Å². The van der Waals surface area contributed by atoms with Gasteiger partial charge in [-0.15, -0.1) is 0 Å². The molecule has 0 heterocycles.